The number of H-pyrrole nitrogens is 1. The van der Waals surface area contributed by atoms with E-state index in [0.29, 0.717) is 24.5 Å². The molecule has 6 heteroatoms. The molecule has 0 radical (unpaired) electrons. The van der Waals surface area contributed by atoms with E-state index in [0.717, 1.165) is 28.8 Å². The quantitative estimate of drug-likeness (QED) is 0.516. The first-order valence-electron chi connectivity index (χ1n) is 10.7. The SMILES string of the molecule is COc1cccc(C2c3[nH]c4ccccc4c3CCN2C(=O)Cc2cccnc2)c1OC. The van der Waals surface area contributed by atoms with Crippen LogP contribution in [0.15, 0.2) is 67.0 Å². The Bertz CT molecular complexity index is 1270. The van der Waals surface area contributed by atoms with Crippen molar-refractivity contribution in [2.75, 3.05) is 20.8 Å². The van der Waals surface area contributed by atoms with Gasteiger partial charge in [0, 0.05) is 41.1 Å². The second-order valence-electron chi connectivity index (χ2n) is 7.92. The van der Waals surface area contributed by atoms with Gasteiger partial charge in [-0.1, -0.05) is 36.4 Å². The van der Waals surface area contributed by atoms with E-state index in [1.165, 1.54) is 10.9 Å². The average molecular weight is 428 g/mol. The molecule has 0 bridgehead atoms. The molecule has 6 nitrogen and oxygen atoms in total. The summed E-state index contributed by atoms with van der Waals surface area (Å²) in [4.78, 5) is 23.2. The van der Waals surface area contributed by atoms with Crippen LogP contribution in [-0.4, -0.2) is 41.5 Å². The number of nitrogens with zero attached hydrogens (tertiary/aromatic N) is 2. The number of pyridine rings is 1. The van der Waals surface area contributed by atoms with Gasteiger partial charge in [-0.15, -0.1) is 0 Å². The number of rotatable bonds is 5. The van der Waals surface area contributed by atoms with Gasteiger partial charge in [0.05, 0.1) is 20.6 Å². The van der Waals surface area contributed by atoms with E-state index < -0.39 is 0 Å². The van der Waals surface area contributed by atoms with Gasteiger partial charge in [-0.3, -0.25) is 9.78 Å². The number of carbonyl (C=O) groups is 1. The molecule has 2 aromatic heterocycles. The fourth-order valence-electron chi connectivity index (χ4n) is 4.74. The van der Waals surface area contributed by atoms with E-state index in [1.54, 1.807) is 26.6 Å². The van der Waals surface area contributed by atoms with Gasteiger partial charge in [-0.2, -0.15) is 0 Å². The summed E-state index contributed by atoms with van der Waals surface area (Å²) in [5.41, 5.74) is 5.16. The van der Waals surface area contributed by atoms with E-state index in [-0.39, 0.29) is 11.9 Å². The van der Waals surface area contributed by atoms with Crippen molar-refractivity contribution in [1.29, 1.82) is 0 Å². The molecular weight excluding hydrogens is 402 g/mol. The Labute approximate surface area is 186 Å². The van der Waals surface area contributed by atoms with Gasteiger partial charge in [0.1, 0.15) is 6.04 Å². The number of methoxy groups -OCH3 is 2. The van der Waals surface area contributed by atoms with Crippen molar-refractivity contribution >= 4 is 16.8 Å². The molecule has 4 aromatic rings. The summed E-state index contributed by atoms with van der Waals surface area (Å²) in [7, 11) is 3.26. The summed E-state index contributed by atoms with van der Waals surface area (Å²) in [6.45, 7) is 0.624. The normalized spacial score (nSPS) is 15.4. The number of hydrogen-bond acceptors (Lipinski definition) is 4. The third-order valence-electron chi connectivity index (χ3n) is 6.16. The highest BCUT2D eigenvalue weighted by Crippen LogP contribution is 2.44. The Balaban J connectivity index is 1.65. The molecule has 0 aliphatic carbocycles. The molecule has 1 aliphatic rings. The summed E-state index contributed by atoms with van der Waals surface area (Å²) >= 11 is 0. The minimum Gasteiger partial charge on any atom is -0.493 e. The van der Waals surface area contributed by atoms with Crippen molar-refractivity contribution in [1.82, 2.24) is 14.9 Å². The second-order valence-corrected chi connectivity index (χ2v) is 7.92. The molecule has 1 atom stereocenters. The second kappa shape index (κ2) is 8.38. The van der Waals surface area contributed by atoms with Crippen molar-refractivity contribution < 1.29 is 14.3 Å². The molecular formula is C26H25N3O3. The van der Waals surface area contributed by atoms with Crippen molar-refractivity contribution in [2.45, 2.75) is 18.9 Å². The minimum atomic E-state index is -0.305. The van der Waals surface area contributed by atoms with Crippen LogP contribution in [0.5, 0.6) is 11.5 Å². The van der Waals surface area contributed by atoms with Gasteiger partial charge < -0.3 is 19.4 Å². The number of carbonyl (C=O) groups excluding carboxylic acids is 1. The fraction of sp³-hybridized carbons (Fsp3) is 0.231. The van der Waals surface area contributed by atoms with Gasteiger partial charge in [0.25, 0.3) is 0 Å². The highest BCUT2D eigenvalue weighted by atomic mass is 16.5. The lowest BCUT2D eigenvalue weighted by atomic mass is 9.91. The van der Waals surface area contributed by atoms with E-state index in [9.17, 15) is 4.79 Å². The summed E-state index contributed by atoms with van der Waals surface area (Å²) < 4.78 is 11.3. The van der Waals surface area contributed by atoms with Crippen molar-refractivity contribution in [2.24, 2.45) is 0 Å². The van der Waals surface area contributed by atoms with Crippen LogP contribution in [-0.2, 0) is 17.6 Å². The zero-order valence-corrected chi connectivity index (χ0v) is 18.2. The minimum absolute atomic E-state index is 0.0529. The van der Waals surface area contributed by atoms with Crippen LogP contribution in [0.3, 0.4) is 0 Å². The lowest BCUT2D eigenvalue weighted by molar-refractivity contribution is -0.132. The maximum absolute atomic E-state index is 13.5. The molecule has 5 rings (SSSR count). The number of aromatic amines is 1. The fourth-order valence-corrected chi connectivity index (χ4v) is 4.74. The van der Waals surface area contributed by atoms with Crippen LogP contribution in [0.25, 0.3) is 10.9 Å². The first-order valence-corrected chi connectivity index (χ1v) is 10.7. The molecule has 1 unspecified atom stereocenters. The topological polar surface area (TPSA) is 67.5 Å². The first kappa shape index (κ1) is 20.1. The Hall–Kier alpha value is -3.80. The van der Waals surface area contributed by atoms with E-state index in [4.69, 9.17) is 9.47 Å². The summed E-state index contributed by atoms with van der Waals surface area (Å²) in [5.74, 6) is 1.34. The van der Waals surface area contributed by atoms with Gasteiger partial charge in [-0.05, 0) is 35.7 Å². The van der Waals surface area contributed by atoms with Gasteiger partial charge in [0.2, 0.25) is 5.91 Å². The lowest BCUT2D eigenvalue weighted by Crippen LogP contribution is -2.41. The Morgan fingerprint density at radius 2 is 1.97 bits per heavy atom. The van der Waals surface area contributed by atoms with Crippen LogP contribution >= 0.6 is 0 Å². The third-order valence-corrected chi connectivity index (χ3v) is 6.16. The van der Waals surface area contributed by atoms with Crippen molar-refractivity contribution in [3.63, 3.8) is 0 Å². The highest BCUT2D eigenvalue weighted by molar-refractivity contribution is 5.87. The zero-order valence-electron chi connectivity index (χ0n) is 18.2. The van der Waals surface area contributed by atoms with E-state index in [2.05, 4.69) is 28.2 Å². The summed E-state index contributed by atoms with van der Waals surface area (Å²) in [6, 6.07) is 17.6. The molecule has 2 aromatic carbocycles. The van der Waals surface area contributed by atoms with Gasteiger partial charge in [-0.25, -0.2) is 0 Å². The molecule has 0 spiro atoms. The number of fused-ring (bicyclic) bond motifs is 3. The molecule has 0 saturated heterocycles. The van der Waals surface area contributed by atoms with Gasteiger partial charge >= 0.3 is 0 Å². The Morgan fingerprint density at radius 1 is 1.09 bits per heavy atom. The van der Waals surface area contributed by atoms with Crippen LogP contribution < -0.4 is 9.47 Å². The van der Waals surface area contributed by atoms with Crippen LogP contribution in [0.1, 0.15) is 28.4 Å². The smallest absolute Gasteiger partial charge is 0.227 e. The number of ether oxygens (including phenoxy) is 2. The lowest BCUT2D eigenvalue weighted by Gasteiger charge is -2.37. The van der Waals surface area contributed by atoms with Crippen molar-refractivity contribution in [3.05, 3.63) is 89.4 Å². The first-order chi connectivity index (χ1) is 15.7. The molecule has 162 valence electrons. The van der Waals surface area contributed by atoms with Gasteiger partial charge in [0.15, 0.2) is 11.5 Å². The van der Waals surface area contributed by atoms with Crippen LogP contribution in [0.2, 0.25) is 0 Å². The molecule has 1 aliphatic heterocycles. The van der Waals surface area contributed by atoms with Crippen LogP contribution in [0.4, 0.5) is 0 Å². The standard InChI is InChI=1S/C26H25N3O3/c1-31-22-11-5-9-20(26(22)32-2)25-24-19(18-8-3-4-10-21(18)28-24)12-14-29(25)23(30)15-17-7-6-13-27-16-17/h3-11,13,16,25,28H,12,14-15H2,1-2H3. The molecule has 0 fully saturated rings. The Morgan fingerprint density at radius 3 is 2.75 bits per heavy atom. The van der Waals surface area contributed by atoms with Crippen molar-refractivity contribution in [3.8, 4) is 11.5 Å². The predicted molar refractivity (Wildman–Crippen MR) is 123 cm³/mol. The van der Waals surface area contributed by atoms with E-state index >= 15 is 0 Å². The number of hydrogen-bond donors (Lipinski definition) is 1. The Kier molecular flexibility index (Phi) is 5.27. The predicted octanol–water partition coefficient (Wildman–Crippen LogP) is 4.30. The summed E-state index contributed by atoms with van der Waals surface area (Å²) in [6.07, 6.45) is 4.56. The summed E-state index contributed by atoms with van der Waals surface area (Å²) in [5, 5.41) is 1.20. The largest absolute Gasteiger partial charge is 0.493 e. The number of para-hydroxylation sites is 2. The monoisotopic (exact) mass is 427 g/mol. The maximum Gasteiger partial charge on any atom is 0.227 e. The number of amides is 1. The van der Waals surface area contributed by atoms with E-state index in [1.807, 2.05) is 41.3 Å². The molecule has 32 heavy (non-hydrogen) atoms. The molecule has 1 N–H and O–H groups in total. The average Bonchev–Trinajstić information content (AvgIpc) is 3.22. The zero-order chi connectivity index (χ0) is 22.1. The number of benzene rings is 2. The van der Waals surface area contributed by atoms with Crippen LogP contribution in [0, 0.1) is 0 Å². The molecule has 1 amide bonds. The third kappa shape index (κ3) is 3.38. The number of nitrogens with one attached hydrogen (secondary N) is 1. The molecule has 3 heterocycles. The maximum atomic E-state index is 13.5. The highest BCUT2D eigenvalue weighted by Gasteiger charge is 2.36. The molecule has 0 saturated carbocycles. The number of aromatic nitrogens is 2.